The summed E-state index contributed by atoms with van der Waals surface area (Å²) in [5.74, 6) is 2.15. The molecule has 1 aliphatic heterocycles. The van der Waals surface area contributed by atoms with Gasteiger partial charge in [-0.1, -0.05) is 25.0 Å². The van der Waals surface area contributed by atoms with Gasteiger partial charge in [-0.25, -0.2) is 0 Å². The monoisotopic (exact) mass is 385 g/mol. The van der Waals surface area contributed by atoms with Crippen molar-refractivity contribution in [1.82, 2.24) is 4.90 Å². The molecule has 1 aromatic rings. The molecule has 1 heterocycles. The second-order valence-corrected chi connectivity index (χ2v) is 8.44. The van der Waals surface area contributed by atoms with Gasteiger partial charge in [-0.2, -0.15) is 0 Å². The van der Waals surface area contributed by atoms with E-state index < -0.39 is 0 Å². The Kier molecular flexibility index (Phi) is 7.93. The lowest BCUT2D eigenvalue weighted by molar-refractivity contribution is -0.137. The van der Waals surface area contributed by atoms with E-state index in [4.69, 9.17) is 4.74 Å². The van der Waals surface area contributed by atoms with Gasteiger partial charge in [-0.05, 0) is 68.6 Å². The van der Waals surface area contributed by atoms with Crippen molar-refractivity contribution in [3.63, 3.8) is 0 Å². The topological polar surface area (TPSA) is 46.6 Å². The number of carbonyl (C=O) groups excluding carboxylic acids is 2. The standard InChI is InChI=1S/C24H35NO3/c1-28-22-14-5-9-19(18-22)8-4-12-21(26)13-6-16-24(27)25-17-7-11-20-10-2-3-15-23(20)25/h5,9,14,18,20,23H,2-4,6-8,10-13,15-17H2,1H3. The van der Waals surface area contributed by atoms with Crippen LogP contribution in [0, 0.1) is 5.92 Å². The van der Waals surface area contributed by atoms with Crippen molar-refractivity contribution in [2.75, 3.05) is 13.7 Å². The normalized spacial score (nSPS) is 21.8. The Morgan fingerprint density at radius 3 is 2.68 bits per heavy atom. The van der Waals surface area contributed by atoms with Crippen molar-refractivity contribution >= 4 is 11.7 Å². The number of methoxy groups -OCH3 is 1. The summed E-state index contributed by atoms with van der Waals surface area (Å²) in [6.07, 6.45) is 11.6. The Bertz CT molecular complexity index is 655. The van der Waals surface area contributed by atoms with Gasteiger partial charge in [0.25, 0.3) is 0 Å². The molecule has 2 atom stereocenters. The molecule has 4 nitrogen and oxygen atoms in total. The van der Waals surface area contributed by atoms with Gasteiger partial charge in [0, 0.05) is 31.8 Å². The molecule has 2 unspecified atom stereocenters. The zero-order valence-electron chi connectivity index (χ0n) is 17.3. The number of carbonyl (C=O) groups is 2. The van der Waals surface area contributed by atoms with Gasteiger partial charge in [0.05, 0.1) is 7.11 Å². The van der Waals surface area contributed by atoms with Crippen molar-refractivity contribution in [3.05, 3.63) is 29.8 Å². The molecule has 2 fully saturated rings. The first-order valence-electron chi connectivity index (χ1n) is 11.1. The molecule has 1 saturated heterocycles. The lowest BCUT2D eigenvalue weighted by Crippen LogP contribution is -2.49. The van der Waals surface area contributed by atoms with Crippen molar-refractivity contribution in [2.24, 2.45) is 5.92 Å². The van der Waals surface area contributed by atoms with Crippen LogP contribution in [-0.2, 0) is 16.0 Å². The number of fused-ring (bicyclic) bond motifs is 1. The van der Waals surface area contributed by atoms with Crippen LogP contribution in [0.4, 0.5) is 0 Å². The number of hydrogen-bond acceptors (Lipinski definition) is 3. The average Bonchev–Trinajstić information content (AvgIpc) is 2.73. The van der Waals surface area contributed by atoms with Crippen LogP contribution in [-0.4, -0.2) is 36.3 Å². The van der Waals surface area contributed by atoms with Gasteiger partial charge in [-0.15, -0.1) is 0 Å². The summed E-state index contributed by atoms with van der Waals surface area (Å²) in [4.78, 5) is 27.0. The molecule has 154 valence electrons. The molecule has 0 N–H and O–H groups in total. The Morgan fingerprint density at radius 2 is 1.82 bits per heavy atom. The molecule has 2 aliphatic rings. The fourth-order valence-electron chi connectivity index (χ4n) is 4.96. The minimum atomic E-state index is 0.279. The van der Waals surface area contributed by atoms with Gasteiger partial charge in [0.2, 0.25) is 5.91 Å². The predicted molar refractivity (Wildman–Crippen MR) is 111 cm³/mol. The number of ether oxygens (including phenoxy) is 1. The van der Waals surface area contributed by atoms with Crippen LogP contribution in [0.3, 0.4) is 0 Å². The Morgan fingerprint density at radius 1 is 1.04 bits per heavy atom. The van der Waals surface area contributed by atoms with E-state index in [1.54, 1.807) is 7.11 Å². The number of hydrogen-bond donors (Lipinski definition) is 0. The molecular weight excluding hydrogens is 350 g/mol. The summed E-state index contributed by atoms with van der Waals surface area (Å²) in [7, 11) is 1.67. The molecule has 1 saturated carbocycles. The molecule has 28 heavy (non-hydrogen) atoms. The maximum Gasteiger partial charge on any atom is 0.222 e. The molecule has 0 spiro atoms. The highest BCUT2D eigenvalue weighted by Gasteiger charge is 2.35. The molecule has 1 aliphatic carbocycles. The molecule has 0 radical (unpaired) electrons. The maximum atomic E-state index is 12.7. The van der Waals surface area contributed by atoms with E-state index in [0.717, 1.165) is 37.5 Å². The molecule has 0 bridgehead atoms. The summed E-state index contributed by atoms with van der Waals surface area (Å²) < 4.78 is 5.24. The molecule has 4 heteroatoms. The first-order chi connectivity index (χ1) is 13.7. The predicted octanol–water partition coefficient (Wildman–Crippen LogP) is 4.94. The van der Waals surface area contributed by atoms with E-state index in [1.807, 2.05) is 18.2 Å². The van der Waals surface area contributed by atoms with E-state index in [0.29, 0.717) is 31.7 Å². The molecule has 1 amide bonds. The number of rotatable bonds is 9. The summed E-state index contributed by atoms with van der Waals surface area (Å²) >= 11 is 0. The summed E-state index contributed by atoms with van der Waals surface area (Å²) in [6, 6.07) is 8.50. The van der Waals surface area contributed by atoms with Gasteiger partial charge in [0.15, 0.2) is 0 Å². The number of nitrogens with zero attached hydrogens (tertiary/aromatic N) is 1. The van der Waals surface area contributed by atoms with E-state index in [1.165, 1.54) is 37.7 Å². The zero-order chi connectivity index (χ0) is 19.8. The first-order valence-corrected chi connectivity index (χ1v) is 11.1. The minimum Gasteiger partial charge on any atom is -0.497 e. The summed E-state index contributed by atoms with van der Waals surface area (Å²) in [5, 5.41) is 0. The maximum absolute atomic E-state index is 12.7. The van der Waals surface area contributed by atoms with Crippen molar-refractivity contribution in [1.29, 1.82) is 0 Å². The van der Waals surface area contributed by atoms with Gasteiger partial charge >= 0.3 is 0 Å². The zero-order valence-corrected chi connectivity index (χ0v) is 17.3. The second kappa shape index (κ2) is 10.6. The minimum absolute atomic E-state index is 0.279. The van der Waals surface area contributed by atoms with Crippen LogP contribution in [0.15, 0.2) is 24.3 Å². The smallest absolute Gasteiger partial charge is 0.222 e. The number of piperidine rings is 1. The number of benzene rings is 1. The Balaban J connectivity index is 1.33. The SMILES string of the molecule is COc1cccc(CCCC(=O)CCCC(=O)N2CCCC3CCCCC32)c1. The van der Waals surface area contributed by atoms with Crippen molar-refractivity contribution < 1.29 is 14.3 Å². The molecule has 3 rings (SSSR count). The number of likely N-dealkylation sites (tertiary alicyclic amines) is 1. The largest absolute Gasteiger partial charge is 0.497 e. The highest BCUT2D eigenvalue weighted by Crippen LogP contribution is 2.35. The summed E-state index contributed by atoms with van der Waals surface area (Å²) in [5.41, 5.74) is 1.20. The fourth-order valence-corrected chi connectivity index (χ4v) is 4.96. The van der Waals surface area contributed by atoms with E-state index in [2.05, 4.69) is 11.0 Å². The number of amides is 1. The Hall–Kier alpha value is -1.84. The Labute approximate surface area is 169 Å². The fraction of sp³-hybridized carbons (Fsp3) is 0.667. The van der Waals surface area contributed by atoms with Crippen LogP contribution in [0.5, 0.6) is 5.75 Å². The van der Waals surface area contributed by atoms with Gasteiger partial charge in [0.1, 0.15) is 11.5 Å². The van der Waals surface area contributed by atoms with Gasteiger partial charge < -0.3 is 9.64 Å². The third kappa shape index (κ3) is 5.83. The molecule has 0 aromatic heterocycles. The lowest BCUT2D eigenvalue weighted by Gasteiger charge is -2.44. The van der Waals surface area contributed by atoms with Crippen molar-refractivity contribution in [3.8, 4) is 5.75 Å². The quantitative estimate of drug-likeness (QED) is 0.605. The highest BCUT2D eigenvalue weighted by atomic mass is 16.5. The second-order valence-electron chi connectivity index (χ2n) is 8.44. The van der Waals surface area contributed by atoms with Gasteiger partial charge in [-0.3, -0.25) is 9.59 Å². The van der Waals surface area contributed by atoms with Crippen LogP contribution < -0.4 is 4.74 Å². The third-order valence-corrected chi connectivity index (χ3v) is 6.47. The highest BCUT2D eigenvalue weighted by molar-refractivity contribution is 5.80. The van der Waals surface area contributed by atoms with Crippen LogP contribution in [0.2, 0.25) is 0 Å². The van der Waals surface area contributed by atoms with E-state index in [-0.39, 0.29) is 11.7 Å². The average molecular weight is 386 g/mol. The lowest BCUT2D eigenvalue weighted by atomic mass is 9.78. The third-order valence-electron chi connectivity index (χ3n) is 6.47. The van der Waals surface area contributed by atoms with E-state index >= 15 is 0 Å². The summed E-state index contributed by atoms with van der Waals surface area (Å²) in [6.45, 7) is 0.925. The first kappa shape index (κ1) is 20.9. The molecule has 1 aromatic carbocycles. The number of Topliss-reactive ketones (excluding diaryl/α,β-unsaturated/α-hetero) is 1. The van der Waals surface area contributed by atoms with Crippen molar-refractivity contribution in [2.45, 2.75) is 83.1 Å². The number of aryl methyl sites for hydroxylation is 1. The van der Waals surface area contributed by atoms with Crippen LogP contribution in [0.1, 0.15) is 76.2 Å². The van der Waals surface area contributed by atoms with Crippen LogP contribution >= 0.6 is 0 Å². The van der Waals surface area contributed by atoms with Crippen LogP contribution in [0.25, 0.3) is 0 Å². The number of ketones is 1. The van der Waals surface area contributed by atoms with E-state index in [9.17, 15) is 9.59 Å². The molecular formula is C24H35NO3.